The minimum Gasteiger partial charge on any atom is -0.384 e. The van der Waals surface area contributed by atoms with Gasteiger partial charge >= 0.3 is 0 Å². The fourth-order valence-corrected chi connectivity index (χ4v) is 2.77. The van der Waals surface area contributed by atoms with E-state index >= 15 is 0 Å². The number of carbonyl (C=O) groups excluding carboxylic acids is 1. The third-order valence-corrected chi connectivity index (χ3v) is 4.16. The van der Waals surface area contributed by atoms with Gasteiger partial charge < -0.3 is 10.0 Å². The van der Waals surface area contributed by atoms with Crippen molar-refractivity contribution >= 4 is 5.91 Å². The van der Waals surface area contributed by atoms with Crippen molar-refractivity contribution < 1.29 is 9.90 Å². The SMILES string of the molecule is Cc1ccc(C#CCO)c(C(=O)N2CCC(C(C)C)C2)c1. The van der Waals surface area contributed by atoms with Crippen LogP contribution in [0, 0.1) is 30.6 Å². The molecule has 0 spiro atoms. The molecular formula is C18H23NO2. The number of rotatable bonds is 2. The topological polar surface area (TPSA) is 40.5 Å². The van der Waals surface area contributed by atoms with Crippen molar-refractivity contribution in [3.05, 3.63) is 34.9 Å². The zero-order chi connectivity index (χ0) is 15.4. The molecule has 1 aliphatic heterocycles. The molecule has 0 bridgehead atoms. The summed E-state index contributed by atoms with van der Waals surface area (Å²) in [5.74, 6) is 6.77. The number of likely N-dealkylation sites (tertiary alicyclic amines) is 1. The largest absolute Gasteiger partial charge is 0.384 e. The summed E-state index contributed by atoms with van der Waals surface area (Å²) in [4.78, 5) is 14.7. The van der Waals surface area contributed by atoms with Gasteiger partial charge in [-0.05, 0) is 37.3 Å². The molecule has 1 aromatic rings. The molecule has 1 fully saturated rings. The molecule has 1 saturated heterocycles. The van der Waals surface area contributed by atoms with Crippen molar-refractivity contribution in [1.29, 1.82) is 0 Å². The minimum atomic E-state index is -0.194. The lowest BCUT2D eigenvalue weighted by molar-refractivity contribution is 0.0783. The van der Waals surface area contributed by atoms with Crippen LogP contribution >= 0.6 is 0 Å². The Morgan fingerprint density at radius 2 is 2.24 bits per heavy atom. The highest BCUT2D eigenvalue weighted by molar-refractivity contribution is 5.97. The van der Waals surface area contributed by atoms with Crippen molar-refractivity contribution in [3.8, 4) is 11.8 Å². The lowest BCUT2D eigenvalue weighted by Gasteiger charge is -2.19. The summed E-state index contributed by atoms with van der Waals surface area (Å²) in [5, 5.41) is 8.85. The molecule has 1 N–H and O–H groups in total. The molecule has 1 atom stereocenters. The summed E-state index contributed by atoms with van der Waals surface area (Å²) >= 11 is 0. The molecule has 1 unspecified atom stereocenters. The van der Waals surface area contributed by atoms with Gasteiger partial charge in [-0.1, -0.05) is 37.3 Å². The van der Waals surface area contributed by atoms with E-state index < -0.39 is 0 Å². The van der Waals surface area contributed by atoms with Crippen molar-refractivity contribution in [2.24, 2.45) is 11.8 Å². The van der Waals surface area contributed by atoms with Gasteiger partial charge in [0.1, 0.15) is 6.61 Å². The first-order chi connectivity index (χ1) is 10.0. The Morgan fingerprint density at radius 1 is 1.48 bits per heavy atom. The number of hydrogen-bond acceptors (Lipinski definition) is 2. The first kappa shape index (κ1) is 15.6. The van der Waals surface area contributed by atoms with Crippen LogP contribution < -0.4 is 0 Å². The molecule has 0 saturated carbocycles. The number of aliphatic hydroxyl groups excluding tert-OH is 1. The van der Waals surface area contributed by atoms with E-state index in [-0.39, 0.29) is 12.5 Å². The van der Waals surface area contributed by atoms with Crippen LogP contribution in [-0.2, 0) is 0 Å². The van der Waals surface area contributed by atoms with Crippen LogP contribution in [0.15, 0.2) is 18.2 Å². The molecule has 1 aromatic carbocycles. The van der Waals surface area contributed by atoms with Gasteiger partial charge in [-0.3, -0.25) is 4.79 Å². The number of aliphatic hydroxyl groups is 1. The number of nitrogens with zero attached hydrogens (tertiary/aromatic N) is 1. The molecule has 3 heteroatoms. The van der Waals surface area contributed by atoms with Crippen LogP contribution in [0.1, 0.15) is 41.8 Å². The second-order valence-corrected chi connectivity index (χ2v) is 6.05. The molecule has 1 amide bonds. The van der Waals surface area contributed by atoms with Crippen molar-refractivity contribution in [3.63, 3.8) is 0 Å². The van der Waals surface area contributed by atoms with Gasteiger partial charge in [-0.2, -0.15) is 0 Å². The van der Waals surface area contributed by atoms with Crippen LogP contribution in [0.3, 0.4) is 0 Å². The van der Waals surface area contributed by atoms with E-state index in [4.69, 9.17) is 5.11 Å². The van der Waals surface area contributed by atoms with Crippen LogP contribution in [0.2, 0.25) is 0 Å². The molecule has 0 aliphatic carbocycles. The van der Waals surface area contributed by atoms with Gasteiger partial charge in [0.25, 0.3) is 5.91 Å². The second-order valence-electron chi connectivity index (χ2n) is 6.05. The zero-order valence-electron chi connectivity index (χ0n) is 13.0. The van der Waals surface area contributed by atoms with E-state index in [9.17, 15) is 4.79 Å². The van der Waals surface area contributed by atoms with Gasteiger partial charge in [0.05, 0.1) is 5.56 Å². The summed E-state index contributed by atoms with van der Waals surface area (Å²) in [6.45, 7) is 7.86. The molecule has 0 radical (unpaired) electrons. The van der Waals surface area contributed by atoms with Crippen LogP contribution in [0.5, 0.6) is 0 Å². The molecule has 2 rings (SSSR count). The summed E-state index contributed by atoms with van der Waals surface area (Å²) in [6, 6.07) is 5.70. The van der Waals surface area contributed by atoms with Gasteiger partial charge in [-0.25, -0.2) is 0 Å². The van der Waals surface area contributed by atoms with Crippen molar-refractivity contribution in [2.75, 3.05) is 19.7 Å². The summed E-state index contributed by atoms with van der Waals surface area (Å²) < 4.78 is 0. The summed E-state index contributed by atoms with van der Waals surface area (Å²) in [5.41, 5.74) is 2.40. The van der Waals surface area contributed by atoms with E-state index in [1.54, 1.807) is 0 Å². The highest BCUT2D eigenvalue weighted by Gasteiger charge is 2.29. The number of amides is 1. The number of aryl methyl sites for hydroxylation is 1. The van der Waals surface area contributed by atoms with Gasteiger partial charge in [0.15, 0.2) is 0 Å². The van der Waals surface area contributed by atoms with Gasteiger partial charge in [0, 0.05) is 18.7 Å². The van der Waals surface area contributed by atoms with E-state index in [1.807, 2.05) is 30.0 Å². The lowest BCUT2D eigenvalue weighted by atomic mass is 9.95. The predicted octanol–water partition coefficient (Wildman–Crippen LogP) is 2.46. The normalized spacial score (nSPS) is 17.8. The monoisotopic (exact) mass is 285 g/mol. The zero-order valence-corrected chi connectivity index (χ0v) is 13.0. The first-order valence-corrected chi connectivity index (χ1v) is 7.52. The Hall–Kier alpha value is -1.79. The highest BCUT2D eigenvalue weighted by atomic mass is 16.2. The number of carbonyl (C=O) groups is 1. The first-order valence-electron chi connectivity index (χ1n) is 7.52. The van der Waals surface area contributed by atoms with Crippen molar-refractivity contribution in [1.82, 2.24) is 4.90 Å². The third-order valence-electron chi connectivity index (χ3n) is 4.16. The highest BCUT2D eigenvalue weighted by Crippen LogP contribution is 2.25. The fourth-order valence-electron chi connectivity index (χ4n) is 2.77. The smallest absolute Gasteiger partial charge is 0.255 e. The summed E-state index contributed by atoms with van der Waals surface area (Å²) in [6.07, 6.45) is 1.08. The molecule has 0 aromatic heterocycles. The predicted molar refractivity (Wildman–Crippen MR) is 84.0 cm³/mol. The average Bonchev–Trinajstić information content (AvgIpc) is 2.95. The molecule has 21 heavy (non-hydrogen) atoms. The number of benzene rings is 1. The molecule has 1 heterocycles. The van der Waals surface area contributed by atoms with Gasteiger partial charge in [0.2, 0.25) is 0 Å². The van der Waals surface area contributed by atoms with Crippen LogP contribution in [0.25, 0.3) is 0 Å². The Bertz CT molecular complexity index is 581. The quantitative estimate of drug-likeness (QED) is 0.848. The molecule has 1 aliphatic rings. The molecular weight excluding hydrogens is 262 g/mol. The van der Waals surface area contributed by atoms with Crippen LogP contribution in [-0.4, -0.2) is 35.6 Å². The third kappa shape index (κ3) is 3.65. The minimum absolute atomic E-state index is 0.0593. The fraction of sp³-hybridized carbons (Fsp3) is 0.500. The second kappa shape index (κ2) is 6.78. The lowest BCUT2D eigenvalue weighted by Crippen LogP contribution is -2.30. The maximum absolute atomic E-state index is 12.7. The van der Waals surface area contributed by atoms with Gasteiger partial charge in [-0.15, -0.1) is 0 Å². The Morgan fingerprint density at radius 3 is 2.86 bits per heavy atom. The Labute approximate surface area is 127 Å². The maximum Gasteiger partial charge on any atom is 0.255 e. The van der Waals surface area contributed by atoms with E-state index in [0.29, 0.717) is 23.0 Å². The maximum atomic E-state index is 12.7. The summed E-state index contributed by atoms with van der Waals surface area (Å²) in [7, 11) is 0. The van der Waals surface area contributed by atoms with Crippen LogP contribution in [0.4, 0.5) is 0 Å². The standard InChI is InChI=1S/C18H23NO2/c1-13(2)16-8-9-19(12-16)18(21)17-11-14(3)6-7-15(17)5-4-10-20/h6-7,11,13,16,20H,8-10,12H2,1-3H3. The molecule has 3 nitrogen and oxygen atoms in total. The van der Waals surface area contributed by atoms with E-state index in [0.717, 1.165) is 25.1 Å². The molecule has 112 valence electrons. The Balaban J connectivity index is 2.25. The van der Waals surface area contributed by atoms with Crippen molar-refractivity contribution in [2.45, 2.75) is 27.2 Å². The Kier molecular flexibility index (Phi) is 5.03. The van der Waals surface area contributed by atoms with E-state index in [2.05, 4.69) is 25.7 Å². The van der Waals surface area contributed by atoms with E-state index in [1.165, 1.54) is 0 Å². The number of hydrogen-bond donors (Lipinski definition) is 1. The average molecular weight is 285 g/mol.